The summed E-state index contributed by atoms with van der Waals surface area (Å²) in [4.78, 5) is 0. The summed E-state index contributed by atoms with van der Waals surface area (Å²) in [5.41, 5.74) is 3.32. The lowest BCUT2D eigenvalue weighted by atomic mass is 9.94. The molecule has 0 aromatic heterocycles. The largest absolute Gasteiger partial charge is 0.494 e. The fourth-order valence-corrected chi connectivity index (χ4v) is 2.34. The van der Waals surface area contributed by atoms with Crippen molar-refractivity contribution >= 4 is 0 Å². The molecule has 3 N–H and O–H groups in total. The first-order chi connectivity index (χ1) is 9.54. The second kappa shape index (κ2) is 8.19. The van der Waals surface area contributed by atoms with Crippen molar-refractivity contribution in [3.8, 4) is 5.75 Å². The number of halogens is 1. The Kier molecular flexibility index (Phi) is 6.91. The van der Waals surface area contributed by atoms with Gasteiger partial charge in [0, 0.05) is 6.61 Å². The lowest BCUT2D eigenvalue weighted by Gasteiger charge is -2.29. The molecule has 1 rings (SSSR count). The summed E-state index contributed by atoms with van der Waals surface area (Å²) in [7, 11) is 1.46. The zero-order chi connectivity index (χ0) is 15.1. The van der Waals surface area contributed by atoms with Crippen LogP contribution in [0.25, 0.3) is 0 Å². The lowest BCUT2D eigenvalue weighted by Crippen LogP contribution is -2.49. The molecule has 1 aromatic rings. The minimum atomic E-state index is -0.339. The number of ether oxygens (including phenoxy) is 2. The third-order valence-corrected chi connectivity index (χ3v) is 3.33. The van der Waals surface area contributed by atoms with Crippen LogP contribution in [0.3, 0.4) is 0 Å². The predicted octanol–water partition coefficient (Wildman–Crippen LogP) is 2.27. The van der Waals surface area contributed by atoms with Gasteiger partial charge in [-0.15, -0.1) is 0 Å². The summed E-state index contributed by atoms with van der Waals surface area (Å²) in [6.45, 7) is 6.66. The maximum Gasteiger partial charge on any atom is 0.168 e. The minimum Gasteiger partial charge on any atom is -0.494 e. The number of nitrogens with one attached hydrogen (secondary N) is 1. The number of nitrogens with two attached hydrogens (primary N) is 1. The van der Waals surface area contributed by atoms with E-state index in [-0.39, 0.29) is 29.6 Å². The number of benzene rings is 1. The van der Waals surface area contributed by atoms with E-state index in [0.717, 1.165) is 0 Å². The summed E-state index contributed by atoms with van der Waals surface area (Å²) >= 11 is 0. The third kappa shape index (κ3) is 4.16. The van der Waals surface area contributed by atoms with Gasteiger partial charge in [0.25, 0.3) is 0 Å². The van der Waals surface area contributed by atoms with E-state index in [9.17, 15) is 4.39 Å². The van der Waals surface area contributed by atoms with Crippen LogP contribution in [-0.2, 0) is 11.2 Å². The van der Waals surface area contributed by atoms with Gasteiger partial charge in [-0.25, -0.2) is 4.39 Å². The van der Waals surface area contributed by atoms with Crippen molar-refractivity contribution < 1.29 is 13.9 Å². The van der Waals surface area contributed by atoms with Gasteiger partial charge in [0.05, 0.1) is 19.3 Å². The molecule has 0 saturated heterocycles. The van der Waals surface area contributed by atoms with Crippen molar-refractivity contribution in [3.05, 3.63) is 29.6 Å². The monoisotopic (exact) mass is 284 g/mol. The molecule has 0 heterocycles. The molecule has 0 amide bonds. The van der Waals surface area contributed by atoms with E-state index in [1.807, 2.05) is 6.92 Å². The molecule has 2 atom stereocenters. The van der Waals surface area contributed by atoms with Gasteiger partial charge >= 0.3 is 0 Å². The Morgan fingerprint density at radius 3 is 2.55 bits per heavy atom. The molecule has 4 nitrogen and oxygen atoms in total. The third-order valence-electron chi connectivity index (χ3n) is 3.33. The average Bonchev–Trinajstić information content (AvgIpc) is 2.44. The second-order valence-electron chi connectivity index (χ2n) is 5.07. The Labute approximate surface area is 120 Å². The van der Waals surface area contributed by atoms with Crippen LogP contribution < -0.4 is 16.0 Å². The molecule has 0 spiro atoms. The zero-order valence-corrected chi connectivity index (χ0v) is 12.7. The minimum absolute atomic E-state index is 0.0735. The van der Waals surface area contributed by atoms with Crippen molar-refractivity contribution in [2.24, 2.45) is 11.8 Å². The van der Waals surface area contributed by atoms with Gasteiger partial charge < -0.3 is 9.47 Å². The fraction of sp³-hybridized carbons (Fsp3) is 0.600. The fourth-order valence-electron chi connectivity index (χ4n) is 2.34. The normalized spacial score (nSPS) is 14.3. The van der Waals surface area contributed by atoms with Crippen molar-refractivity contribution in [1.29, 1.82) is 0 Å². The number of hydrogen-bond donors (Lipinski definition) is 2. The topological polar surface area (TPSA) is 56.5 Å². The molecule has 20 heavy (non-hydrogen) atoms. The van der Waals surface area contributed by atoms with Crippen molar-refractivity contribution in [1.82, 2.24) is 5.43 Å². The van der Waals surface area contributed by atoms with Gasteiger partial charge in [-0.3, -0.25) is 11.3 Å². The van der Waals surface area contributed by atoms with Crippen LogP contribution in [-0.4, -0.2) is 25.9 Å². The molecular formula is C15H25FN2O2. The number of methoxy groups -OCH3 is 1. The Bertz CT molecular complexity index is 413. The highest BCUT2D eigenvalue weighted by Gasteiger charge is 2.25. The molecule has 5 heteroatoms. The van der Waals surface area contributed by atoms with E-state index in [1.165, 1.54) is 7.11 Å². The van der Waals surface area contributed by atoms with Crippen molar-refractivity contribution in [2.45, 2.75) is 39.3 Å². The molecule has 1 aromatic carbocycles. The molecule has 2 unspecified atom stereocenters. The van der Waals surface area contributed by atoms with Gasteiger partial charge in [-0.05, 0) is 30.9 Å². The van der Waals surface area contributed by atoms with Crippen LogP contribution >= 0.6 is 0 Å². The maximum atomic E-state index is 14.2. The van der Waals surface area contributed by atoms with Crippen LogP contribution in [0.1, 0.15) is 26.3 Å². The van der Waals surface area contributed by atoms with Gasteiger partial charge in [-0.1, -0.05) is 26.0 Å². The van der Waals surface area contributed by atoms with Crippen LogP contribution in [0.5, 0.6) is 5.75 Å². The van der Waals surface area contributed by atoms with Gasteiger partial charge in [0.2, 0.25) is 0 Å². The van der Waals surface area contributed by atoms with E-state index in [0.29, 0.717) is 18.6 Å². The Morgan fingerprint density at radius 1 is 1.35 bits per heavy atom. The predicted molar refractivity (Wildman–Crippen MR) is 78.0 cm³/mol. The molecule has 0 aliphatic rings. The highest BCUT2D eigenvalue weighted by molar-refractivity contribution is 5.31. The SMILES string of the molecule is CCOC(C(C)C)C(Cc1cccc(OC)c1F)NN. The van der Waals surface area contributed by atoms with Crippen LogP contribution in [0.2, 0.25) is 0 Å². The molecule has 0 fully saturated rings. The summed E-state index contributed by atoms with van der Waals surface area (Å²) < 4.78 is 24.9. The first-order valence-electron chi connectivity index (χ1n) is 6.94. The number of hydrogen-bond acceptors (Lipinski definition) is 4. The smallest absolute Gasteiger partial charge is 0.168 e. The Morgan fingerprint density at radius 2 is 2.05 bits per heavy atom. The molecule has 0 bridgehead atoms. The highest BCUT2D eigenvalue weighted by Crippen LogP contribution is 2.23. The number of rotatable bonds is 8. The van der Waals surface area contributed by atoms with Gasteiger partial charge in [0.1, 0.15) is 0 Å². The van der Waals surface area contributed by atoms with Crippen LogP contribution in [0.4, 0.5) is 4.39 Å². The molecule has 0 radical (unpaired) electrons. The van der Waals surface area contributed by atoms with Crippen LogP contribution in [0.15, 0.2) is 18.2 Å². The quantitative estimate of drug-likeness (QED) is 0.568. The lowest BCUT2D eigenvalue weighted by molar-refractivity contribution is 0.00337. The van der Waals surface area contributed by atoms with Gasteiger partial charge in [0.15, 0.2) is 11.6 Å². The number of hydrazine groups is 1. The summed E-state index contributed by atoms with van der Waals surface area (Å²) in [6, 6.07) is 4.96. The van der Waals surface area contributed by atoms with Crippen molar-refractivity contribution in [3.63, 3.8) is 0 Å². The van der Waals surface area contributed by atoms with E-state index in [4.69, 9.17) is 15.3 Å². The first-order valence-corrected chi connectivity index (χ1v) is 6.94. The summed E-state index contributed by atoms with van der Waals surface area (Å²) in [6.07, 6.45) is 0.373. The maximum absolute atomic E-state index is 14.2. The van der Waals surface area contributed by atoms with Gasteiger partial charge in [-0.2, -0.15) is 0 Å². The molecule has 0 aliphatic carbocycles. The molecule has 0 aliphatic heterocycles. The molecule has 0 saturated carbocycles. The Balaban J connectivity index is 2.92. The van der Waals surface area contributed by atoms with Crippen molar-refractivity contribution in [2.75, 3.05) is 13.7 Å². The van der Waals surface area contributed by atoms with E-state index >= 15 is 0 Å². The van der Waals surface area contributed by atoms with E-state index in [2.05, 4.69) is 19.3 Å². The average molecular weight is 284 g/mol. The Hall–Kier alpha value is -1.17. The summed E-state index contributed by atoms with van der Waals surface area (Å²) in [5, 5.41) is 0. The standard InChI is InChI=1S/C15H25FN2O2/c1-5-20-15(10(2)3)12(18-17)9-11-7-6-8-13(19-4)14(11)16/h6-8,10,12,15,18H,5,9,17H2,1-4H3. The second-order valence-corrected chi connectivity index (χ2v) is 5.07. The highest BCUT2D eigenvalue weighted by atomic mass is 19.1. The first kappa shape index (κ1) is 16.9. The van der Waals surface area contributed by atoms with E-state index < -0.39 is 0 Å². The summed E-state index contributed by atoms with van der Waals surface area (Å²) in [5.74, 6) is 5.82. The molecular weight excluding hydrogens is 259 g/mol. The van der Waals surface area contributed by atoms with Crippen LogP contribution in [0, 0.1) is 11.7 Å². The molecule has 114 valence electrons. The van der Waals surface area contributed by atoms with E-state index in [1.54, 1.807) is 18.2 Å². The zero-order valence-electron chi connectivity index (χ0n) is 12.7.